The number of hydrogen-bond acceptors (Lipinski definition) is 2. The van der Waals surface area contributed by atoms with E-state index < -0.39 is 5.41 Å². The van der Waals surface area contributed by atoms with Gasteiger partial charge in [0.25, 0.3) is 0 Å². The molecule has 0 bridgehead atoms. The van der Waals surface area contributed by atoms with Gasteiger partial charge in [-0.2, -0.15) is 0 Å². The van der Waals surface area contributed by atoms with Gasteiger partial charge in [0.2, 0.25) is 0 Å². The largest absolute Gasteiger partial charge is 0.299 e. The van der Waals surface area contributed by atoms with Gasteiger partial charge in [0.15, 0.2) is 0 Å². The van der Waals surface area contributed by atoms with Crippen LogP contribution in [0.2, 0.25) is 0 Å². The van der Waals surface area contributed by atoms with Crippen LogP contribution in [0.15, 0.2) is 0 Å². The van der Waals surface area contributed by atoms with E-state index in [-0.39, 0.29) is 17.5 Å². The van der Waals surface area contributed by atoms with Crippen molar-refractivity contribution in [3.05, 3.63) is 0 Å². The third-order valence-electron chi connectivity index (χ3n) is 3.02. The summed E-state index contributed by atoms with van der Waals surface area (Å²) < 4.78 is 0. The first kappa shape index (κ1) is 7.01. The molecule has 0 aromatic heterocycles. The minimum atomic E-state index is -0.669. The summed E-state index contributed by atoms with van der Waals surface area (Å²) >= 11 is 0. The van der Waals surface area contributed by atoms with Gasteiger partial charge in [-0.25, -0.2) is 0 Å². The molecule has 0 heterocycles. The lowest BCUT2D eigenvalue weighted by atomic mass is 9.75. The van der Waals surface area contributed by atoms with Gasteiger partial charge in [-0.3, -0.25) is 9.59 Å². The topological polar surface area (TPSA) is 34.1 Å². The van der Waals surface area contributed by atoms with Gasteiger partial charge in [0, 0.05) is 12.3 Å². The molecular weight excluding hydrogens is 140 g/mol. The summed E-state index contributed by atoms with van der Waals surface area (Å²) in [5.41, 5.74) is -0.669. The lowest BCUT2D eigenvalue weighted by Gasteiger charge is -2.25. The molecule has 0 N–H and O–H groups in total. The monoisotopic (exact) mass is 152 g/mol. The van der Waals surface area contributed by atoms with Crippen molar-refractivity contribution in [1.29, 1.82) is 0 Å². The van der Waals surface area contributed by atoms with Crippen LogP contribution in [0.5, 0.6) is 0 Å². The van der Waals surface area contributed by atoms with Crippen molar-refractivity contribution < 1.29 is 9.59 Å². The molecule has 2 aliphatic carbocycles. The van der Waals surface area contributed by atoms with Crippen molar-refractivity contribution in [2.75, 3.05) is 0 Å². The molecule has 0 aromatic carbocycles. The highest BCUT2D eigenvalue weighted by molar-refractivity contribution is 6.10. The van der Waals surface area contributed by atoms with Crippen molar-refractivity contribution in [1.82, 2.24) is 0 Å². The minimum absolute atomic E-state index is 0.140. The van der Waals surface area contributed by atoms with Gasteiger partial charge in [-0.15, -0.1) is 0 Å². The Labute approximate surface area is 66.0 Å². The van der Waals surface area contributed by atoms with Crippen LogP contribution < -0.4 is 0 Å². The molecule has 2 fully saturated rings. The van der Waals surface area contributed by atoms with Gasteiger partial charge < -0.3 is 0 Å². The highest BCUT2D eigenvalue weighted by Crippen LogP contribution is 2.51. The Bertz CT molecular complexity index is 240. The Morgan fingerprint density at radius 3 is 2.64 bits per heavy atom. The number of carbonyl (C=O) groups excluding carboxylic acids is 2. The van der Waals surface area contributed by atoms with E-state index >= 15 is 0 Å². The maximum atomic E-state index is 11.5. The summed E-state index contributed by atoms with van der Waals surface area (Å²) in [6.07, 6.45) is 1.61. The number of hydrogen-bond donors (Lipinski definition) is 0. The van der Waals surface area contributed by atoms with Gasteiger partial charge in [-0.1, -0.05) is 0 Å². The Morgan fingerprint density at radius 1 is 1.36 bits per heavy atom. The second kappa shape index (κ2) is 1.74. The van der Waals surface area contributed by atoms with Crippen LogP contribution in [0.1, 0.15) is 26.7 Å². The lowest BCUT2D eigenvalue weighted by Crippen LogP contribution is -2.38. The molecule has 2 saturated carbocycles. The van der Waals surface area contributed by atoms with Crippen LogP contribution in [-0.2, 0) is 9.59 Å². The number of carbonyl (C=O) groups is 2. The average molecular weight is 152 g/mol. The molecule has 2 nitrogen and oxygen atoms in total. The van der Waals surface area contributed by atoms with Crippen molar-refractivity contribution >= 4 is 11.6 Å². The fourth-order valence-electron chi connectivity index (χ4n) is 1.89. The molecule has 0 aliphatic heterocycles. The van der Waals surface area contributed by atoms with Crippen LogP contribution in [-0.4, -0.2) is 11.6 Å². The Hall–Kier alpha value is -0.660. The second-order valence-electron chi connectivity index (χ2n) is 4.22. The van der Waals surface area contributed by atoms with Crippen molar-refractivity contribution in [3.8, 4) is 0 Å². The standard InChI is InChI=1S/C9H12O2/c1-9(2)7(10)4-5-3-6(5)8(9)11/h5-6H,3-4H2,1-2H3/t5-,6+/m0/s1. The summed E-state index contributed by atoms with van der Waals surface area (Å²) in [5.74, 6) is 0.978. The van der Waals surface area contributed by atoms with E-state index in [9.17, 15) is 9.59 Å². The van der Waals surface area contributed by atoms with Gasteiger partial charge in [-0.05, 0) is 26.2 Å². The van der Waals surface area contributed by atoms with Crippen LogP contribution in [0.25, 0.3) is 0 Å². The number of Topliss-reactive ketones (excluding diaryl/α,β-unsaturated/α-hetero) is 2. The van der Waals surface area contributed by atoms with Crippen LogP contribution >= 0.6 is 0 Å². The molecule has 0 radical (unpaired) electrons. The Morgan fingerprint density at radius 2 is 2.00 bits per heavy atom. The van der Waals surface area contributed by atoms with E-state index in [0.717, 1.165) is 6.42 Å². The van der Waals surface area contributed by atoms with Gasteiger partial charge in [0.1, 0.15) is 11.6 Å². The fourth-order valence-corrected chi connectivity index (χ4v) is 1.89. The average Bonchev–Trinajstić information content (AvgIpc) is 2.63. The predicted molar refractivity (Wildman–Crippen MR) is 40.0 cm³/mol. The zero-order valence-electron chi connectivity index (χ0n) is 6.89. The van der Waals surface area contributed by atoms with Crippen molar-refractivity contribution in [3.63, 3.8) is 0 Å². The molecule has 0 amide bonds. The highest BCUT2D eigenvalue weighted by Gasteiger charge is 2.56. The van der Waals surface area contributed by atoms with E-state index in [4.69, 9.17) is 0 Å². The summed E-state index contributed by atoms with van der Waals surface area (Å²) in [7, 11) is 0. The molecule has 0 aromatic rings. The molecule has 11 heavy (non-hydrogen) atoms. The highest BCUT2D eigenvalue weighted by atomic mass is 16.2. The molecule has 2 heteroatoms. The summed E-state index contributed by atoms with van der Waals surface area (Å²) in [4.78, 5) is 22.8. The smallest absolute Gasteiger partial charge is 0.149 e. The summed E-state index contributed by atoms with van der Waals surface area (Å²) in [6, 6.07) is 0. The molecule has 0 spiro atoms. The summed E-state index contributed by atoms with van der Waals surface area (Å²) in [5, 5.41) is 0. The first-order valence-corrected chi connectivity index (χ1v) is 4.11. The van der Waals surface area contributed by atoms with Crippen LogP contribution in [0.4, 0.5) is 0 Å². The molecule has 0 unspecified atom stereocenters. The van der Waals surface area contributed by atoms with Gasteiger partial charge in [0.05, 0.1) is 5.41 Å². The maximum Gasteiger partial charge on any atom is 0.149 e. The zero-order valence-corrected chi connectivity index (χ0v) is 6.89. The van der Waals surface area contributed by atoms with E-state index in [0.29, 0.717) is 12.3 Å². The number of rotatable bonds is 0. The summed E-state index contributed by atoms with van der Waals surface area (Å²) in [6.45, 7) is 3.51. The predicted octanol–water partition coefficient (Wildman–Crippen LogP) is 1.19. The molecule has 2 atom stereocenters. The SMILES string of the molecule is CC1(C)C(=O)C[C@@H]2C[C@H]2C1=O. The van der Waals surface area contributed by atoms with Crippen molar-refractivity contribution in [2.24, 2.45) is 17.3 Å². The van der Waals surface area contributed by atoms with Crippen LogP contribution in [0, 0.1) is 17.3 Å². The molecule has 0 saturated heterocycles. The van der Waals surface area contributed by atoms with Crippen LogP contribution in [0.3, 0.4) is 0 Å². The fraction of sp³-hybridized carbons (Fsp3) is 0.778. The second-order valence-corrected chi connectivity index (χ2v) is 4.22. The zero-order chi connectivity index (χ0) is 8.22. The van der Waals surface area contributed by atoms with E-state index in [1.165, 1.54) is 0 Å². The molecule has 2 rings (SSSR count). The first-order chi connectivity index (χ1) is 5.03. The minimum Gasteiger partial charge on any atom is -0.299 e. The number of fused-ring (bicyclic) bond motifs is 1. The third kappa shape index (κ3) is 0.784. The Kier molecular flexibility index (Phi) is 1.11. The molecule has 2 aliphatic rings. The van der Waals surface area contributed by atoms with E-state index in [2.05, 4.69) is 0 Å². The molecular formula is C9H12O2. The normalized spacial score (nSPS) is 40.2. The quantitative estimate of drug-likeness (QED) is 0.488. The van der Waals surface area contributed by atoms with Gasteiger partial charge >= 0.3 is 0 Å². The molecule has 60 valence electrons. The third-order valence-corrected chi connectivity index (χ3v) is 3.02. The number of ketones is 2. The Balaban J connectivity index is 2.32. The van der Waals surface area contributed by atoms with Crippen molar-refractivity contribution in [2.45, 2.75) is 26.7 Å². The first-order valence-electron chi connectivity index (χ1n) is 4.11. The maximum absolute atomic E-state index is 11.5. The van der Waals surface area contributed by atoms with E-state index in [1.54, 1.807) is 13.8 Å². The lowest BCUT2D eigenvalue weighted by molar-refractivity contribution is -0.142. The van der Waals surface area contributed by atoms with E-state index in [1.807, 2.05) is 0 Å².